The molecule has 0 radical (unpaired) electrons. The normalized spacial score (nSPS) is 9.88. The van der Waals surface area contributed by atoms with Crippen LogP contribution in [0.4, 0.5) is 13.2 Å². The molecule has 6 heteroatoms. The topological polar surface area (TPSA) is 38.7 Å². The van der Waals surface area contributed by atoms with Crippen molar-refractivity contribution in [3.05, 3.63) is 414 Å². The van der Waals surface area contributed by atoms with Gasteiger partial charge in [-0.2, -0.15) is 0 Å². The third-order valence-corrected chi connectivity index (χ3v) is 15.1. The van der Waals surface area contributed by atoms with E-state index < -0.39 is 0 Å². The number of hydrogen-bond acceptors (Lipinski definition) is 3. The molecule has 0 saturated heterocycles. The average Bonchev–Trinajstić information content (AvgIpc) is 1.36. The first-order chi connectivity index (χ1) is 46.6. The zero-order valence-electron chi connectivity index (χ0n) is 56.4. The quantitative estimate of drug-likeness (QED) is 0.167. The molecule has 96 heavy (non-hydrogen) atoms. The van der Waals surface area contributed by atoms with Gasteiger partial charge in [0, 0.05) is 42.7 Å². The molecule has 0 N–H and O–H groups in total. The van der Waals surface area contributed by atoms with E-state index in [4.69, 9.17) is 0 Å². The van der Waals surface area contributed by atoms with Gasteiger partial charge in [-0.25, -0.2) is 13.2 Å². The van der Waals surface area contributed by atoms with Gasteiger partial charge < -0.3 is 0 Å². The Hall–Kier alpha value is -11.3. The Kier molecular flexibility index (Phi) is 29.5. The van der Waals surface area contributed by atoms with Crippen LogP contribution in [0.1, 0.15) is 50.1 Å². The number of rotatable bonds is 6. The largest absolute Gasteiger partial charge is 0.265 e. The van der Waals surface area contributed by atoms with Gasteiger partial charge in [0.25, 0.3) is 0 Å². The van der Waals surface area contributed by atoms with Gasteiger partial charge in [0.2, 0.25) is 0 Å². The lowest BCUT2D eigenvalue weighted by Gasteiger charge is -2.03. The average molecular weight is 1260 g/mol. The van der Waals surface area contributed by atoms with E-state index in [1.165, 1.54) is 108 Å². The SMILES string of the molecule is Cc1ccc(-c2ccc(F)cc2)cc1.Cc1ccc(-c2cccc(F)c2)cc1.Cc1ccc(-c2ccccc2F)cc1.Cc1ccc(-c2ccncc2)cc1.Cc1ccc(C)cc1.Cc1cccc(-c2ccncc2)c1.Cc1ccccc1.Cc1ccccc1-c1ccncc1. The molecule has 0 atom stereocenters. The molecule has 14 rings (SSSR count). The fourth-order valence-corrected chi connectivity index (χ4v) is 9.49. The van der Waals surface area contributed by atoms with E-state index in [2.05, 4.69) is 185 Å². The lowest BCUT2D eigenvalue weighted by molar-refractivity contribution is 0.627. The number of aromatic nitrogens is 3. The number of benzene rings is 11. The van der Waals surface area contributed by atoms with Crippen molar-refractivity contribution < 1.29 is 13.2 Å². The maximum Gasteiger partial charge on any atom is 0.131 e. The van der Waals surface area contributed by atoms with Gasteiger partial charge in [-0.1, -0.05) is 287 Å². The minimum atomic E-state index is -0.194. The molecule has 0 saturated carbocycles. The van der Waals surface area contributed by atoms with Gasteiger partial charge in [-0.15, -0.1) is 0 Å². The molecule has 0 aliphatic carbocycles. The Morgan fingerprint density at radius 3 is 0.875 bits per heavy atom. The van der Waals surface area contributed by atoms with E-state index in [0.717, 1.165) is 27.8 Å². The van der Waals surface area contributed by atoms with Crippen molar-refractivity contribution in [3.63, 3.8) is 0 Å². The van der Waals surface area contributed by atoms with E-state index in [9.17, 15) is 13.2 Å². The summed E-state index contributed by atoms with van der Waals surface area (Å²) in [6.07, 6.45) is 10.9. The molecule has 480 valence electrons. The van der Waals surface area contributed by atoms with Gasteiger partial charge in [0.15, 0.2) is 0 Å². The zero-order valence-corrected chi connectivity index (χ0v) is 56.4. The summed E-state index contributed by atoms with van der Waals surface area (Å²) >= 11 is 0. The second-order valence-electron chi connectivity index (χ2n) is 23.2. The highest BCUT2D eigenvalue weighted by molar-refractivity contribution is 5.68. The monoisotopic (exact) mass is 1260 g/mol. The Morgan fingerprint density at radius 1 is 0.188 bits per heavy atom. The predicted octanol–water partition coefficient (Wildman–Crippen LogP) is 24.9. The highest BCUT2D eigenvalue weighted by Gasteiger charge is 2.04. The molecule has 0 bridgehead atoms. The van der Waals surface area contributed by atoms with Gasteiger partial charge >= 0.3 is 0 Å². The summed E-state index contributed by atoms with van der Waals surface area (Å²) in [5.41, 5.74) is 24.7. The standard InChI is InChI=1S/3C13H11F.3C12H11N.C8H10.C7H8/c1-10-2-4-11(5-3-10)12-6-8-13(14)9-7-12;1-10-5-7-11(8-6-10)12-3-2-4-13(14)9-12;1-10-6-8-11(9-7-10)12-4-2-3-5-13(12)14;1-10-2-4-11(5-3-10)12-6-8-13-9-7-12;1-10-3-2-4-12(9-10)11-5-7-13-8-6-11;1-10-4-2-3-5-12(10)11-6-8-13-9-7-11;1-7-3-5-8(2)6-4-7;1-7-5-3-2-4-6-7/h3*2-9H,1H3;3*2-9H,1H3;3-6H,1-2H3;2-6H,1H3. The molecule has 3 aromatic heterocycles. The van der Waals surface area contributed by atoms with Crippen LogP contribution in [0.25, 0.3) is 66.8 Å². The third-order valence-electron chi connectivity index (χ3n) is 15.1. The van der Waals surface area contributed by atoms with E-state index >= 15 is 0 Å². The van der Waals surface area contributed by atoms with Crippen molar-refractivity contribution in [2.24, 2.45) is 0 Å². The molecular weight excluding hydrogens is 1180 g/mol. The Bertz CT molecular complexity index is 4390. The smallest absolute Gasteiger partial charge is 0.131 e. The minimum Gasteiger partial charge on any atom is -0.265 e. The first kappa shape index (κ1) is 72.1. The van der Waals surface area contributed by atoms with E-state index in [1.54, 1.807) is 36.4 Å². The number of nitrogens with zero attached hydrogens (tertiary/aromatic N) is 3. The van der Waals surface area contributed by atoms with E-state index in [1.807, 2.05) is 178 Å². The van der Waals surface area contributed by atoms with E-state index in [0.29, 0.717) is 5.56 Å². The molecule has 11 aromatic carbocycles. The summed E-state index contributed by atoms with van der Waals surface area (Å²) in [5.74, 6) is -0.555. The van der Waals surface area contributed by atoms with Crippen molar-refractivity contribution in [3.8, 4) is 66.8 Å². The third kappa shape index (κ3) is 25.6. The van der Waals surface area contributed by atoms with Gasteiger partial charge in [0.1, 0.15) is 17.5 Å². The van der Waals surface area contributed by atoms with Crippen LogP contribution < -0.4 is 0 Å². The van der Waals surface area contributed by atoms with Crippen molar-refractivity contribution in [1.82, 2.24) is 15.0 Å². The fourth-order valence-electron chi connectivity index (χ4n) is 9.49. The summed E-state index contributed by atoms with van der Waals surface area (Å²) in [7, 11) is 0. The number of pyridine rings is 3. The highest BCUT2D eigenvalue weighted by Crippen LogP contribution is 2.26. The molecule has 0 aliphatic rings. The molecular formula is C90H84F3N3. The van der Waals surface area contributed by atoms with Crippen molar-refractivity contribution in [1.29, 1.82) is 0 Å². The zero-order chi connectivity index (χ0) is 68.3. The van der Waals surface area contributed by atoms with Crippen molar-refractivity contribution in [2.45, 2.75) is 62.3 Å². The Balaban J connectivity index is 0.000000156. The molecule has 0 fully saturated rings. The predicted molar refractivity (Wildman–Crippen MR) is 400 cm³/mol. The first-order valence-corrected chi connectivity index (χ1v) is 32.0. The van der Waals surface area contributed by atoms with Crippen LogP contribution in [0.2, 0.25) is 0 Å². The summed E-state index contributed by atoms with van der Waals surface area (Å²) in [4.78, 5) is 12.0. The summed E-state index contributed by atoms with van der Waals surface area (Å²) in [6, 6.07) is 100. The fraction of sp³-hybridized carbons (Fsp3) is 0.100. The van der Waals surface area contributed by atoms with Crippen LogP contribution >= 0.6 is 0 Å². The molecule has 0 spiro atoms. The molecule has 3 heterocycles. The summed E-state index contributed by atoms with van der Waals surface area (Å²) < 4.78 is 39.0. The molecule has 14 aromatic rings. The van der Waals surface area contributed by atoms with Gasteiger partial charge in [-0.3, -0.25) is 15.0 Å². The second kappa shape index (κ2) is 39.3. The van der Waals surface area contributed by atoms with Crippen LogP contribution in [0.15, 0.2) is 347 Å². The van der Waals surface area contributed by atoms with Gasteiger partial charge in [-0.05, 0) is 196 Å². The highest BCUT2D eigenvalue weighted by atomic mass is 19.1. The van der Waals surface area contributed by atoms with Gasteiger partial charge in [0.05, 0.1) is 0 Å². The Morgan fingerprint density at radius 2 is 0.479 bits per heavy atom. The molecule has 0 unspecified atom stereocenters. The second-order valence-corrected chi connectivity index (χ2v) is 23.2. The maximum atomic E-state index is 13.4. The summed E-state index contributed by atoms with van der Waals surface area (Å²) in [5, 5.41) is 0. The number of halogens is 3. The Labute approximate surface area is 568 Å². The van der Waals surface area contributed by atoms with Crippen LogP contribution in [-0.4, -0.2) is 15.0 Å². The lowest BCUT2D eigenvalue weighted by Crippen LogP contribution is -1.83. The van der Waals surface area contributed by atoms with Crippen molar-refractivity contribution >= 4 is 0 Å². The first-order valence-electron chi connectivity index (χ1n) is 32.0. The minimum absolute atomic E-state index is 0.170. The molecule has 0 aliphatic heterocycles. The van der Waals surface area contributed by atoms with Crippen LogP contribution in [0.5, 0.6) is 0 Å². The molecule has 3 nitrogen and oxygen atoms in total. The van der Waals surface area contributed by atoms with Crippen LogP contribution in [0.3, 0.4) is 0 Å². The number of aryl methyl sites for hydroxylation is 9. The molecule has 0 amide bonds. The van der Waals surface area contributed by atoms with Crippen LogP contribution in [0, 0.1) is 79.8 Å². The van der Waals surface area contributed by atoms with Crippen molar-refractivity contribution in [2.75, 3.05) is 0 Å². The lowest BCUT2D eigenvalue weighted by atomic mass is 10.0. The van der Waals surface area contributed by atoms with E-state index in [-0.39, 0.29) is 17.5 Å². The summed E-state index contributed by atoms with van der Waals surface area (Å²) in [6.45, 7) is 18.7. The van der Waals surface area contributed by atoms with Crippen LogP contribution in [-0.2, 0) is 0 Å². The maximum absolute atomic E-state index is 13.4. The number of hydrogen-bond donors (Lipinski definition) is 0.